The number of benzene rings is 1. The topological polar surface area (TPSA) is 44.4 Å². The van der Waals surface area contributed by atoms with Gasteiger partial charge in [-0.05, 0) is 75.6 Å². The van der Waals surface area contributed by atoms with Crippen LogP contribution in [0.25, 0.3) is 0 Å². The predicted octanol–water partition coefficient (Wildman–Crippen LogP) is 3.02. The van der Waals surface area contributed by atoms with E-state index in [-0.39, 0.29) is 5.91 Å². The van der Waals surface area contributed by atoms with Crippen LogP contribution in [0.5, 0.6) is 0 Å². The van der Waals surface area contributed by atoms with Gasteiger partial charge in [0.1, 0.15) is 0 Å². The van der Waals surface area contributed by atoms with Gasteiger partial charge in [0.05, 0.1) is 6.54 Å². The van der Waals surface area contributed by atoms with E-state index in [1.165, 1.54) is 12.8 Å². The van der Waals surface area contributed by atoms with E-state index in [9.17, 15) is 4.79 Å². The van der Waals surface area contributed by atoms with Gasteiger partial charge in [0.2, 0.25) is 5.91 Å². The number of amides is 1. The molecule has 1 heterocycles. The van der Waals surface area contributed by atoms with Crippen molar-refractivity contribution in [3.63, 3.8) is 0 Å². The average molecular weight is 368 g/mol. The van der Waals surface area contributed by atoms with Crippen molar-refractivity contribution in [3.8, 4) is 0 Å². The Morgan fingerprint density at radius 2 is 2.09 bits per heavy atom. The Kier molecular flexibility index (Phi) is 6.86. The quantitative estimate of drug-likeness (QED) is 0.811. The van der Waals surface area contributed by atoms with Crippen molar-refractivity contribution < 1.29 is 4.79 Å². The third kappa shape index (κ3) is 5.38. The molecule has 1 amide bonds. The number of nitrogens with zero attached hydrogens (tertiary/aromatic N) is 1. The summed E-state index contributed by atoms with van der Waals surface area (Å²) in [6.45, 7) is 8.81. The van der Waals surface area contributed by atoms with Gasteiger partial charge in [-0.15, -0.1) is 0 Å². The van der Waals surface area contributed by atoms with Gasteiger partial charge < -0.3 is 10.6 Å². The molecular formula is C17H26BrN3O. The van der Waals surface area contributed by atoms with E-state index in [4.69, 9.17) is 0 Å². The molecule has 122 valence electrons. The molecule has 0 saturated carbocycles. The van der Waals surface area contributed by atoms with Crippen molar-refractivity contribution in [2.24, 2.45) is 5.92 Å². The maximum absolute atomic E-state index is 12.2. The van der Waals surface area contributed by atoms with Crippen molar-refractivity contribution in [2.75, 3.05) is 38.0 Å². The first-order chi connectivity index (χ1) is 10.6. The Morgan fingerprint density at radius 3 is 2.73 bits per heavy atom. The summed E-state index contributed by atoms with van der Waals surface area (Å²) in [5.74, 6) is 0.837. The molecule has 2 rings (SSSR count). The zero-order valence-corrected chi connectivity index (χ0v) is 15.1. The monoisotopic (exact) mass is 367 g/mol. The number of piperidine rings is 1. The van der Waals surface area contributed by atoms with E-state index in [0.29, 0.717) is 6.54 Å². The van der Waals surface area contributed by atoms with Crippen LogP contribution < -0.4 is 10.6 Å². The first-order valence-electron chi connectivity index (χ1n) is 8.07. The fraction of sp³-hybridized carbons (Fsp3) is 0.588. The molecule has 4 nitrogen and oxygen atoms in total. The molecule has 0 bridgehead atoms. The highest BCUT2D eigenvalue weighted by atomic mass is 79.9. The third-order valence-corrected chi connectivity index (χ3v) is 4.71. The lowest BCUT2D eigenvalue weighted by Gasteiger charge is -2.31. The number of anilines is 1. The zero-order valence-electron chi connectivity index (χ0n) is 13.5. The number of rotatable bonds is 6. The molecule has 1 fully saturated rings. The summed E-state index contributed by atoms with van der Waals surface area (Å²) in [7, 11) is 0. The summed E-state index contributed by atoms with van der Waals surface area (Å²) in [4.78, 5) is 14.5. The van der Waals surface area contributed by atoms with Gasteiger partial charge in [-0.3, -0.25) is 9.69 Å². The van der Waals surface area contributed by atoms with Crippen LogP contribution in [0.3, 0.4) is 0 Å². The van der Waals surface area contributed by atoms with Crippen LogP contribution in [0.15, 0.2) is 22.7 Å². The minimum atomic E-state index is 0.0792. The smallest absolute Gasteiger partial charge is 0.238 e. The lowest BCUT2D eigenvalue weighted by molar-refractivity contribution is -0.117. The van der Waals surface area contributed by atoms with Crippen molar-refractivity contribution in [2.45, 2.75) is 26.7 Å². The highest BCUT2D eigenvalue weighted by Gasteiger charge is 2.20. The SMILES string of the molecule is CCNCC1CCN(CC(=O)Nc2ccc(Br)cc2C)CC1. The van der Waals surface area contributed by atoms with Gasteiger partial charge in [-0.2, -0.15) is 0 Å². The van der Waals surface area contributed by atoms with Crippen LogP contribution in [0, 0.1) is 12.8 Å². The van der Waals surface area contributed by atoms with E-state index in [0.717, 1.165) is 47.8 Å². The first kappa shape index (κ1) is 17.4. The summed E-state index contributed by atoms with van der Waals surface area (Å²) in [5.41, 5.74) is 1.97. The van der Waals surface area contributed by atoms with Crippen LogP contribution in [0.1, 0.15) is 25.3 Å². The minimum Gasteiger partial charge on any atom is -0.325 e. The van der Waals surface area contributed by atoms with Crippen LogP contribution >= 0.6 is 15.9 Å². The molecule has 1 aromatic rings. The normalized spacial score (nSPS) is 16.7. The van der Waals surface area contributed by atoms with Gasteiger partial charge in [0.25, 0.3) is 0 Å². The molecule has 1 aliphatic rings. The molecule has 1 saturated heterocycles. The summed E-state index contributed by atoms with van der Waals surface area (Å²) < 4.78 is 1.03. The fourth-order valence-electron chi connectivity index (χ4n) is 2.86. The summed E-state index contributed by atoms with van der Waals surface area (Å²) in [6, 6.07) is 5.91. The number of halogens is 1. The second-order valence-electron chi connectivity index (χ2n) is 6.03. The summed E-state index contributed by atoms with van der Waals surface area (Å²) in [6.07, 6.45) is 2.36. The molecule has 22 heavy (non-hydrogen) atoms. The Bertz CT molecular complexity index is 499. The molecule has 2 N–H and O–H groups in total. The predicted molar refractivity (Wildman–Crippen MR) is 95.2 cm³/mol. The van der Waals surface area contributed by atoms with Crippen LogP contribution in [-0.2, 0) is 4.79 Å². The van der Waals surface area contributed by atoms with Gasteiger partial charge in [-0.1, -0.05) is 22.9 Å². The van der Waals surface area contributed by atoms with Gasteiger partial charge in [-0.25, -0.2) is 0 Å². The minimum absolute atomic E-state index is 0.0792. The molecule has 1 aromatic carbocycles. The zero-order chi connectivity index (χ0) is 15.9. The fourth-order valence-corrected chi connectivity index (χ4v) is 3.33. The van der Waals surface area contributed by atoms with Gasteiger partial charge in [0.15, 0.2) is 0 Å². The Balaban J connectivity index is 1.76. The third-order valence-electron chi connectivity index (χ3n) is 4.22. The van der Waals surface area contributed by atoms with E-state index in [1.54, 1.807) is 0 Å². The average Bonchev–Trinajstić information content (AvgIpc) is 2.49. The number of carbonyl (C=O) groups excluding carboxylic acids is 1. The summed E-state index contributed by atoms with van der Waals surface area (Å²) >= 11 is 3.44. The highest BCUT2D eigenvalue weighted by molar-refractivity contribution is 9.10. The largest absolute Gasteiger partial charge is 0.325 e. The molecule has 0 unspecified atom stereocenters. The van der Waals surface area contributed by atoms with Crippen molar-refractivity contribution in [3.05, 3.63) is 28.2 Å². The van der Waals surface area contributed by atoms with Crippen LogP contribution in [-0.4, -0.2) is 43.5 Å². The maximum atomic E-state index is 12.2. The van der Waals surface area contributed by atoms with Gasteiger partial charge in [0, 0.05) is 10.2 Å². The number of hydrogen-bond acceptors (Lipinski definition) is 3. The number of hydrogen-bond donors (Lipinski definition) is 2. The second-order valence-corrected chi connectivity index (χ2v) is 6.95. The molecule has 1 aliphatic heterocycles. The number of nitrogens with one attached hydrogen (secondary N) is 2. The second kappa shape index (κ2) is 8.65. The maximum Gasteiger partial charge on any atom is 0.238 e. The number of aryl methyl sites for hydroxylation is 1. The molecular weight excluding hydrogens is 342 g/mol. The summed E-state index contributed by atoms with van der Waals surface area (Å²) in [5, 5.41) is 6.43. The van der Waals surface area contributed by atoms with E-state index < -0.39 is 0 Å². The lowest BCUT2D eigenvalue weighted by atomic mass is 9.97. The highest BCUT2D eigenvalue weighted by Crippen LogP contribution is 2.20. The molecule has 0 radical (unpaired) electrons. The molecule has 5 heteroatoms. The Labute approximate surface area is 141 Å². The van der Waals surface area contributed by atoms with Crippen molar-refractivity contribution in [1.29, 1.82) is 0 Å². The Hall–Kier alpha value is -0.910. The van der Waals surface area contributed by atoms with E-state index >= 15 is 0 Å². The lowest BCUT2D eigenvalue weighted by Crippen LogP contribution is -2.41. The first-order valence-corrected chi connectivity index (χ1v) is 8.87. The molecule has 0 aromatic heterocycles. The molecule has 0 atom stereocenters. The van der Waals surface area contributed by atoms with Crippen molar-refractivity contribution >= 4 is 27.5 Å². The van der Waals surface area contributed by atoms with Crippen LogP contribution in [0.4, 0.5) is 5.69 Å². The Morgan fingerprint density at radius 1 is 1.36 bits per heavy atom. The molecule has 0 spiro atoms. The molecule has 0 aliphatic carbocycles. The standard InChI is InChI=1S/C17H26BrN3O/c1-3-19-11-14-6-8-21(9-7-14)12-17(22)20-16-5-4-15(18)10-13(16)2/h4-5,10,14,19H,3,6-9,11-12H2,1-2H3,(H,20,22). The number of carbonyl (C=O) groups is 1. The van der Waals surface area contributed by atoms with E-state index in [2.05, 4.69) is 38.4 Å². The van der Waals surface area contributed by atoms with Gasteiger partial charge >= 0.3 is 0 Å². The van der Waals surface area contributed by atoms with Crippen molar-refractivity contribution in [1.82, 2.24) is 10.2 Å². The van der Waals surface area contributed by atoms with Crippen LogP contribution in [0.2, 0.25) is 0 Å². The number of likely N-dealkylation sites (tertiary alicyclic amines) is 1. The van der Waals surface area contributed by atoms with E-state index in [1.807, 2.05) is 25.1 Å².